The van der Waals surface area contributed by atoms with E-state index in [9.17, 15) is 14.7 Å². The van der Waals surface area contributed by atoms with E-state index in [4.69, 9.17) is 21.3 Å². The molecule has 1 unspecified atom stereocenters. The van der Waals surface area contributed by atoms with Crippen molar-refractivity contribution in [1.82, 2.24) is 9.88 Å². The second-order valence-corrected chi connectivity index (χ2v) is 16.5. The summed E-state index contributed by atoms with van der Waals surface area (Å²) in [6.45, 7) is 9.47. The molecule has 1 aromatic heterocycles. The quantitative estimate of drug-likeness (QED) is 0.0987. The number of nitrogens with zero attached hydrogens (tertiary/aromatic N) is 2. The number of carboxylic acid groups (broad SMARTS) is 1. The SMILES string of the molecule is CC(C)N(CCC(C(N)=O)(c1ccccc1)c1ccccn1)C(C)C.N[C@@H](Cc1cc(I)c(Oc2cc(I)c(O)c(I)c2)c(I)c1)C(=O)O. The van der Waals surface area contributed by atoms with Crippen LogP contribution in [0.4, 0.5) is 0 Å². The Hall–Kier alpha value is -1.81. The van der Waals surface area contributed by atoms with Crippen LogP contribution in [-0.4, -0.2) is 56.6 Å². The van der Waals surface area contributed by atoms with Gasteiger partial charge in [0.2, 0.25) is 5.91 Å². The predicted octanol–water partition coefficient (Wildman–Crippen LogP) is 7.92. The van der Waals surface area contributed by atoms with Gasteiger partial charge in [-0.3, -0.25) is 19.5 Å². The average molecular weight is 1120 g/mol. The molecule has 3 aromatic carbocycles. The van der Waals surface area contributed by atoms with Gasteiger partial charge in [0.15, 0.2) is 5.75 Å². The summed E-state index contributed by atoms with van der Waals surface area (Å²) in [5, 5.41) is 18.8. The van der Waals surface area contributed by atoms with Gasteiger partial charge in [0, 0.05) is 24.8 Å². The predicted molar refractivity (Wildman–Crippen MR) is 227 cm³/mol. The number of halogens is 4. The van der Waals surface area contributed by atoms with Crippen molar-refractivity contribution in [1.29, 1.82) is 0 Å². The van der Waals surface area contributed by atoms with Gasteiger partial charge < -0.3 is 26.4 Å². The molecule has 0 bridgehead atoms. The number of amides is 1. The topological polar surface area (TPSA) is 152 Å². The van der Waals surface area contributed by atoms with Crippen molar-refractivity contribution in [2.45, 2.75) is 64.1 Å². The molecule has 0 spiro atoms. The highest BCUT2D eigenvalue weighted by Crippen LogP contribution is 2.37. The van der Waals surface area contributed by atoms with E-state index in [-0.39, 0.29) is 18.1 Å². The molecular formula is C36H40I4N4O5. The molecule has 1 heterocycles. The number of carbonyl (C=O) groups excluding carboxylic acids is 1. The lowest BCUT2D eigenvalue weighted by molar-refractivity contribution is -0.138. The molecule has 1 amide bonds. The molecule has 6 N–H and O–H groups in total. The van der Waals surface area contributed by atoms with E-state index in [0.29, 0.717) is 42.8 Å². The first-order valence-corrected chi connectivity index (χ1v) is 19.7. The molecule has 4 rings (SSSR count). The number of primary amides is 1. The van der Waals surface area contributed by atoms with E-state index in [1.165, 1.54) is 0 Å². The number of pyridine rings is 1. The smallest absolute Gasteiger partial charge is 0.320 e. The molecule has 2 atom stereocenters. The maximum Gasteiger partial charge on any atom is 0.320 e. The van der Waals surface area contributed by atoms with Crippen LogP contribution in [0.1, 0.15) is 50.9 Å². The normalized spacial score (nSPS) is 13.1. The summed E-state index contributed by atoms with van der Waals surface area (Å²) in [6.07, 6.45) is 2.58. The molecule has 4 aromatic rings. The lowest BCUT2D eigenvalue weighted by atomic mass is 9.73. The average Bonchev–Trinajstić information content (AvgIpc) is 3.04. The Kier molecular flexibility index (Phi) is 16.3. The number of nitrogens with two attached hydrogens (primary N) is 2. The highest BCUT2D eigenvalue weighted by Gasteiger charge is 2.42. The number of rotatable bonds is 13. The van der Waals surface area contributed by atoms with Crippen molar-refractivity contribution < 1.29 is 24.5 Å². The number of carboxylic acids is 1. The number of phenols is 1. The summed E-state index contributed by atoms with van der Waals surface area (Å²) in [7, 11) is 0. The molecule has 0 saturated carbocycles. The second kappa shape index (κ2) is 19.1. The molecule has 0 fully saturated rings. The zero-order chi connectivity index (χ0) is 36.5. The first-order valence-electron chi connectivity index (χ1n) is 15.4. The number of hydrogen-bond donors (Lipinski definition) is 4. The van der Waals surface area contributed by atoms with Crippen LogP contribution in [0, 0.1) is 14.3 Å². The summed E-state index contributed by atoms with van der Waals surface area (Å²) in [4.78, 5) is 30.5. The third-order valence-electron chi connectivity index (χ3n) is 7.90. The van der Waals surface area contributed by atoms with Crippen molar-refractivity contribution in [2.75, 3.05) is 6.54 Å². The second-order valence-electron chi connectivity index (χ2n) is 11.9. The summed E-state index contributed by atoms with van der Waals surface area (Å²) in [5.41, 5.74) is 13.1. The fourth-order valence-corrected chi connectivity index (χ4v) is 9.28. The zero-order valence-electron chi connectivity index (χ0n) is 27.5. The summed E-state index contributed by atoms with van der Waals surface area (Å²) in [5.74, 6) is 0.193. The number of aromatic nitrogens is 1. The van der Waals surface area contributed by atoms with E-state index in [1.54, 1.807) is 18.3 Å². The minimum absolute atomic E-state index is 0.242. The molecule has 49 heavy (non-hydrogen) atoms. The summed E-state index contributed by atoms with van der Waals surface area (Å²) >= 11 is 8.42. The van der Waals surface area contributed by atoms with Crippen LogP contribution in [0.15, 0.2) is 79.0 Å². The number of ether oxygens (including phenoxy) is 1. The van der Waals surface area contributed by atoms with Gasteiger partial charge in [-0.1, -0.05) is 36.4 Å². The number of hydrogen-bond acceptors (Lipinski definition) is 7. The van der Waals surface area contributed by atoms with Crippen molar-refractivity contribution in [3.8, 4) is 17.2 Å². The van der Waals surface area contributed by atoms with Gasteiger partial charge in [0.05, 0.1) is 20.0 Å². The molecule has 0 aliphatic heterocycles. The first kappa shape index (κ1) is 41.6. The number of benzene rings is 3. The standard InChI is InChI=1S/C21H29N3O.C15H11I4NO4/c1-16(2)24(17(3)4)15-13-21(20(22)25,18-10-6-5-7-11-18)19-12-8-9-14-23-19;16-8-4-7(5-9(17)13(8)21)24-14-10(18)1-6(2-11(14)19)3-12(20)15(22)23/h5-12,14,16-17H,13,15H2,1-4H3,(H2,22,25);1-2,4-5,12,21H,3,20H2,(H,22,23)/t;12-/m.0/s1. The molecule has 0 saturated heterocycles. The maximum absolute atomic E-state index is 12.7. The van der Waals surface area contributed by atoms with E-state index >= 15 is 0 Å². The van der Waals surface area contributed by atoms with Gasteiger partial charge in [-0.2, -0.15) is 0 Å². The van der Waals surface area contributed by atoms with Crippen LogP contribution >= 0.6 is 90.4 Å². The van der Waals surface area contributed by atoms with Gasteiger partial charge in [-0.15, -0.1) is 0 Å². The third kappa shape index (κ3) is 11.1. The van der Waals surface area contributed by atoms with Crippen LogP contribution in [0.5, 0.6) is 17.2 Å². The van der Waals surface area contributed by atoms with Crippen LogP contribution in [0.3, 0.4) is 0 Å². The number of carbonyl (C=O) groups is 2. The number of aromatic hydroxyl groups is 1. The Labute approximate surface area is 342 Å². The minimum atomic E-state index is -1.02. The van der Waals surface area contributed by atoms with Gasteiger partial charge in [0.25, 0.3) is 0 Å². The minimum Gasteiger partial charge on any atom is -0.506 e. The molecule has 0 radical (unpaired) electrons. The summed E-state index contributed by atoms with van der Waals surface area (Å²) in [6, 6.07) is 22.6. The fraction of sp³-hybridized carbons (Fsp3) is 0.306. The number of aliphatic carboxylic acids is 1. The Bertz CT molecular complexity index is 1630. The van der Waals surface area contributed by atoms with Crippen LogP contribution in [0.2, 0.25) is 0 Å². The Morgan fingerprint density at radius 1 is 0.878 bits per heavy atom. The Morgan fingerprint density at radius 2 is 1.43 bits per heavy atom. The fourth-order valence-electron chi connectivity index (χ4n) is 5.45. The Morgan fingerprint density at radius 3 is 1.90 bits per heavy atom. The van der Waals surface area contributed by atoms with Gasteiger partial charge in [-0.25, -0.2) is 0 Å². The maximum atomic E-state index is 12.7. The van der Waals surface area contributed by atoms with Gasteiger partial charge >= 0.3 is 5.97 Å². The zero-order valence-corrected chi connectivity index (χ0v) is 36.2. The highest BCUT2D eigenvalue weighted by molar-refractivity contribution is 14.1. The summed E-state index contributed by atoms with van der Waals surface area (Å²) < 4.78 is 9.14. The van der Waals surface area contributed by atoms with Gasteiger partial charge in [-0.05, 0) is 178 Å². The lowest BCUT2D eigenvalue weighted by Crippen LogP contribution is -2.47. The van der Waals surface area contributed by atoms with Crippen LogP contribution < -0.4 is 16.2 Å². The highest BCUT2D eigenvalue weighted by atomic mass is 127. The molecule has 0 aliphatic rings. The van der Waals surface area contributed by atoms with Crippen molar-refractivity contribution in [2.24, 2.45) is 11.5 Å². The molecular weight excluding hydrogens is 1080 g/mol. The molecule has 0 aliphatic carbocycles. The van der Waals surface area contributed by atoms with Gasteiger partial charge in [0.1, 0.15) is 23.0 Å². The van der Waals surface area contributed by atoms with Crippen LogP contribution in [0.25, 0.3) is 0 Å². The van der Waals surface area contributed by atoms with Crippen molar-refractivity contribution in [3.63, 3.8) is 0 Å². The molecule has 13 heteroatoms. The van der Waals surface area contributed by atoms with Crippen molar-refractivity contribution >= 4 is 102 Å². The van der Waals surface area contributed by atoms with E-state index < -0.39 is 17.4 Å². The molecule has 262 valence electrons. The van der Waals surface area contributed by atoms with Crippen LogP contribution in [-0.2, 0) is 21.4 Å². The lowest BCUT2D eigenvalue weighted by Gasteiger charge is -2.36. The largest absolute Gasteiger partial charge is 0.506 e. The van der Waals surface area contributed by atoms with E-state index in [2.05, 4.69) is 128 Å². The third-order valence-corrected chi connectivity index (χ3v) is 11.1. The first-order chi connectivity index (χ1) is 23.1. The monoisotopic (exact) mass is 1120 g/mol. The van der Waals surface area contributed by atoms with Crippen molar-refractivity contribution in [3.05, 3.63) is 110 Å². The number of phenolic OH excluding ortho intramolecular Hbond substituents is 1. The Balaban J connectivity index is 0.000000266. The van der Waals surface area contributed by atoms with E-state index in [0.717, 1.165) is 24.8 Å². The van der Waals surface area contributed by atoms with E-state index in [1.807, 2.05) is 60.7 Å². The molecule has 9 nitrogen and oxygen atoms in total.